The zero-order valence-electron chi connectivity index (χ0n) is 17.1. The van der Waals surface area contributed by atoms with Crippen LogP contribution < -0.4 is 0 Å². The smallest absolute Gasteiger partial charge is 0.248 e. The number of hydrogen-bond acceptors (Lipinski definition) is 2. The van der Waals surface area contributed by atoms with Crippen LogP contribution in [0.3, 0.4) is 0 Å². The highest BCUT2D eigenvalue weighted by molar-refractivity contribution is 5.64. The summed E-state index contributed by atoms with van der Waals surface area (Å²) < 4.78 is 38.6. The summed E-state index contributed by atoms with van der Waals surface area (Å²) in [5.74, 6) is -2.31. The minimum absolute atomic E-state index is 0.0870. The fourth-order valence-corrected chi connectivity index (χ4v) is 4.49. The summed E-state index contributed by atoms with van der Waals surface area (Å²) in [5.41, 5.74) is 4.62. The van der Waals surface area contributed by atoms with Gasteiger partial charge in [-0.25, -0.2) is 8.78 Å². The number of alkyl halides is 2. The normalized spacial score (nSPS) is 19.7. The summed E-state index contributed by atoms with van der Waals surface area (Å²) in [6, 6.07) is 16.8. The molecule has 1 saturated carbocycles. The molecular formula is C25H30F2O2. The molecule has 4 heteroatoms. The SMILES string of the molecule is CCC(F)(F)CCc1ccc(-c2ccc(C3CCC4(CC3)OCCO4)cc2)cc1. The van der Waals surface area contributed by atoms with Gasteiger partial charge < -0.3 is 9.47 Å². The van der Waals surface area contributed by atoms with Gasteiger partial charge in [0.05, 0.1) is 13.2 Å². The summed E-state index contributed by atoms with van der Waals surface area (Å²) >= 11 is 0. The first-order valence-electron chi connectivity index (χ1n) is 10.8. The van der Waals surface area contributed by atoms with E-state index in [-0.39, 0.29) is 18.6 Å². The third kappa shape index (κ3) is 4.87. The Balaban J connectivity index is 1.35. The molecule has 2 aromatic carbocycles. The Labute approximate surface area is 172 Å². The van der Waals surface area contributed by atoms with E-state index in [9.17, 15) is 8.78 Å². The maximum atomic E-state index is 13.4. The van der Waals surface area contributed by atoms with E-state index in [1.54, 1.807) is 0 Å². The molecule has 0 atom stereocenters. The Morgan fingerprint density at radius 1 is 0.897 bits per heavy atom. The van der Waals surface area contributed by atoms with E-state index in [1.165, 1.54) is 12.5 Å². The molecule has 0 unspecified atom stereocenters. The zero-order chi connectivity index (χ0) is 20.3. The van der Waals surface area contributed by atoms with Crippen LogP contribution in [0.4, 0.5) is 8.78 Å². The topological polar surface area (TPSA) is 18.5 Å². The fraction of sp³-hybridized carbons (Fsp3) is 0.520. The molecular weight excluding hydrogens is 370 g/mol. The van der Waals surface area contributed by atoms with Crippen molar-refractivity contribution in [2.24, 2.45) is 0 Å². The lowest BCUT2D eigenvalue weighted by Gasteiger charge is -2.35. The molecule has 2 nitrogen and oxygen atoms in total. The number of hydrogen-bond donors (Lipinski definition) is 0. The lowest BCUT2D eigenvalue weighted by molar-refractivity contribution is -0.178. The van der Waals surface area contributed by atoms with Gasteiger partial charge in [0, 0.05) is 25.7 Å². The number of halogens is 2. The van der Waals surface area contributed by atoms with E-state index in [0.29, 0.717) is 12.3 Å². The van der Waals surface area contributed by atoms with Gasteiger partial charge >= 0.3 is 0 Å². The lowest BCUT2D eigenvalue weighted by Crippen LogP contribution is -2.34. The molecule has 29 heavy (non-hydrogen) atoms. The van der Waals surface area contributed by atoms with Crippen molar-refractivity contribution < 1.29 is 18.3 Å². The van der Waals surface area contributed by atoms with Crippen LogP contribution in [-0.2, 0) is 15.9 Å². The highest BCUT2D eigenvalue weighted by Gasteiger charge is 2.40. The largest absolute Gasteiger partial charge is 0.348 e. The van der Waals surface area contributed by atoms with E-state index in [2.05, 4.69) is 24.3 Å². The lowest BCUT2D eigenvalue weighted by atomic mass is 9.80. The van der Waals surface area contributed by atoms with Crippen molar-refractivity contribution in [1.82, 2.24) is 0 Å². The van der Waals surface area contributed by atoms with Gasteiger partial charge in [-0.15, -0.1) is 0 Å². The van der Waals surface area contributed by atoms with Crippen LogP contribution in [0.15, 0.2) is 48.5 Å². The van der Waals surface area contributed by atoms with Gasteiger partial charge in [-0.1, -0.05) is 55.5 Å². The van der Waals surface area contributed by atoms with Crippen molar-refractivity contribution >= 4 is 0 Å². The van der Waals surface area contributed by atoms with E-state index in [4.69, 9.17) is 9.47 Å². The molecule has 2 aliphatic rings. The van der Waals surface area contributed by atoms with Crippen molar-refractivity contribution in [2.75, 3.05) is 13.2 Å². The molecule has 0 bridgehead atoms. The van der Waals surface area contributed by atoms with Crippen LogP contribution in [0.2, 0.25) is 0 Å². The second-order valence-electron chi connectivity index (χ2n) is 8.41. The summed E-state index contributed by atoms with van der Waals surface area (Å²) in [6.07, 6.45) is 4.36. The highest BCUT2D eigenvalue weighted by Crippen LogP contribution is 2.42. The number of benzene rings is 2. The van der Waals surface area contributed by atoms with Gasteiger partial charge in [0.1, 0.15) is 0 Å². The van der Waals surface area contributed by atoms with Gasteiger partial charge in [-0.2, -0.15) is 0 Å². The van der Waals surface area contributed by atoms with E-state index in [1.807, 2.05) is 24.3 Å². The first-order chi connectivity index (χ1) is 14.0. The average Bonchev–Trinajstić information content (AvgIpc) is 3.21. The van der Waals surface area contributed by atoms with Gasteiger partial charge in [-0.3, -0.25) is 0 Å². The standard InChI is InChI=1S/C25H30F2O2/c1-2-24(26,27)14-11-19-3-5-20(6-4-19)21-7-9-22(10-8-21)23-12-15-25(16-13-23)28-17-18-29-25/h3-10,23H,2,11-18H2,1H3. The van der Waals surface area contributed by atoms with Crippen LogP contribution in [-0.4, -0.2) is 24.9 Å². The average molecular weight is 401 g/mol. The fourth-order valence-electron chi connectivity index (χ4n) is 4.49. The molecule has 1 aliphatic heterocycles. The first-order valence-corrected chi connectivity index (χ1v) is 10.8. The predicted octanol–water partition coefficient (Wildman–Crippen LogP) is 6.73. The van der Waals surface area contributed by atoms with Crippen LogP contribution >= 0.6 is 0 Å². The van der Waals surface area contributed by atoms with Gasteiger partial charge in [0.15, 0.2) is 5.79 Å². The Hall–Kier alpha value is -1.78. The summed E-state index contributed by atoms with van der Waals surface area (Å²) in [5, 5.41) is 0. The second kappa shape index (κ2) is 8.53. The summed E-state index contributed by atoms with van der Waals surface area (Å²) in [6.45, 7) is 2.98. The van der Waals surface area contributed by atoms with Crippen LogP contribution in [0.25, 0.3) is 11.1 Å². The molecule has 2 aromatic rings. The van der Waals surface area contributed by atoms with Gasteiger partial charge in [0.2, 0.25) is 5.92 Å². The summed E-state index contributed by atoms with van der Waals surface area (Å²) in [4.78, 5) is 0. The molecule has 1 heterocycles. The van der Waals surface area contributed by atoms with Crippen LogP contribution in [0, 0.1) is 0 Å². The Morgan fingerprint density at radius 2 is 1.45 bits per heavy atom. The Morgan fingerprint density at radius 3 is 2.00 bits per heavy atom. The van der Waals surface area contributed by atoms with Crippen molar-refractivity contribution in [3.05, 3.63) is 59.7 Å². The van der Waals surface area contributed by atoms with Gasteiger partial charge in [-0.05, 0) is 47.4 Å². The van der Waals surface area contributed by atoms with Gasteiger partial charge in [0.25, 0.3) is 0 Å². The molecule has 156 valence electrons. The molecule has 0 N–H and O–H groups in total. The minimum atomic E-state index is -2.57. The third-order valence-corrected chi connectivity index (χ3v) is 6.53. The Kier molecular flexibility index (Phi) is 6.03. The molecule has 1 spiro atoms. The number of aryl methyl sites for hydroxylation is 1. The molecule has 1 aliphatic carbocycles. The van der Waals surface area contributed by atoms with E-state index >= 15 is 0 Å². The highest BCUT2D eigenvalue weighted by atomic mass is 19.3. The van der Waals surface area contributed by atoms with Crippen LogP contribution in [0.1, 0.15) is 62.5 Å². The first kappa shape index (κ1) is 20.5. The number of ether oxygens (including phenoxy) is 2. The number of rotatable bonds is 6. The second-order valence-corrected chi connectivity index (χ2v) is 8.41. The van der Waals surface area contributed by atoms with Crippen molar-refractivity contribution in [1.29, 1.82) is 0 Å². The predicted molar refractivity (Wildman–Crippen MR) is 111 cm³/mol. The molecule has 4 rings (SSSR count). The molecule has 0 radical (unpaired) electrons. The van der Waals surface area contributed by atoms with Crippen LogP contribution in [0.5, 0.6) is 0 Å². The maximum absolute atomic E-state index is 13.4. The third-order valence-electron chi connectivity index (χ3n) is 6.53. The summed E-state index contributed by atoms with van der Waals surface area (Å²) in [7, 11) is 0. The molecule has 0 aromatic heterocycles. The van der Waals surface area contributed by atoms with E-state index < -0.39 is 5.92 Å². The molecule has 2 fully saturated rings. The van der Waals surface area contributed by atoms with Crippen molar-refractivity contribution in [3.63, 3.8) is 0 Å². The molecule has 0 amide bonds. The maximum Gasteiger partial charge on any atom is 0.248 e. The van der Waals surface area contributed by atoms with E-state index in [0.717, 1.165) is 55.6 Å². The molecule has 1 saturated heterocycles. The zero-order valence-corrected chi connectivity index (χ0v) is 17.1. The quantitative estimate of drug-likeness (QED) is 0.535. The van der Waals surface area contributed by atoms with Crippen molar-refractivity contribution in [2.45, 2.75) is 69.5 Å². The minimum Gasteiger partial charge on any atom is -0.348 e. The monoisotopic (exact) mass is 400 g/mol. The Bertz CT molecular complexity index is 783. The van der Waals surface area contributed by atoms with Crippen molar-refractivity contribution in [3.8, 4) is 11.1 Å².